The van der Waals surface area contributed by atoms with Crippen molar-refractivity contribution in [2.24, 2.45) is 0 Å². The van der Waals surface area contributed by atoms with E-state index in [9.17, 15) is 34.4 Å². The lowest BCUT2D eigenvalue weighted by Gasteiger charge is -2.30. The van der Waals surface area contributed by atoms with Gasteiger partial charge in [-0.2, -0.15) is 17.5 Å². The van der Waals surface area contributed by atoms with Gasteiger partial charge in [0.1, 0.15) is 5.82 Å². The number of rotatable bonds is 7. The molecule has 1 atom stereocenters. The monoisotopic (exact) mass is 488 g/mol. The second kappa shape index (κ2) is 9.30. The number of sulfone groups is 1. The third kappa shape index (κ3) is 5.95. The van der Waals surface area contributed by atoms with E-state index in [4.69, 9.17) is 4.74 Å². The van der Waals surface area contributed by atoms with E-state index in [0.29, 0.717) is 45.3 Å². The van der Waals surface area contributed by atoms with Crippen LogP contribution in [0.5, 0.6) is 0 Å². The van der Waals surface area contributed by atoms with Gasteiger partial charge in [-0.05, 0) is 37.6 Å². The van der Waals surface area contributed by atoms with E-state index in [0.717, 1.165) is 10.4 Å². The first-order valence-corrected chi connectivity index (χ1v) is 13.1. The summed E-state index contributed by atoms with van der Waals surface area (Å²) in [6, 6.07) is 0.633. The number of alkyl halides is 3. The molecule has 1 aromatic rings. The zero-order valence-electron chi connectivity index (χ0n) is 16.6. The van der Waals surface area contributed by atoms with Crippen molar-refractivity contribution in [3.05, 3.63) is 29.6 Å². The SMILES string of the molecule is O=S1(=O)CCC(N(CCCN2CCOCC2)S(=O)(=O)c2ccc(F)c(C(F)(F)F)c2)C1. The van der Waals surface area contributed by atoms with E-state index in [2.05, 4.69) is 4.90 Å². The molecule has 2 aliphatic rings. The predicted molar refractivity (Wildman–Crippen MR) is 104 cm³/mol. The molecule has 0 radical (unpaired) electrons. The third-order valence-corrected chi connectivity index (χ3v) is 9.12. The molecule has 0 bridgehead atoms. The van der Waals surface area contributed by atoms with E-state index in [1.54, 1.807) is 0 Å². The van der Waals surface area contributed by atoms with Crippen LogP contribution in [0.3, 0.4) is 0 Å². The van der Waals surface area contributed by atoms with Gasteiger partial charge in [0.25, 0.3) is 0 Å². The molecule has 1 aromatic carbocycles. The molecule has 2 saturated heterocycles. The number of hydrogen-bond acceptors (Lipinski definition) is 6. The Bertz CT molecular complexity index is 993. The van der Waals surface area contributed by atoms with Crippen molar-refractivity contribution in [3.8, 4) is 0 Å². The van der Waals surface area contributed by atoms with Crippen LogP contribution in [0.15, 0.2) is 23.1 Å². The normalized spacial score (nSPS) is 22.8. The first kappa shape index (κ1) is 24.4. The molecule has 31 heavy (non-hydrogen) atoms. The Morgan fingerprint density at radius 3 is 2.45 bits per heavy atom. The lowest BCUT2D eigenvalue weighted by atomic mass is 10.2. The number of halogens is 4. The zero-order chi connectivity index (χ0) is 22.9. The molecule has 2 heterocycles. The second-order valence-corrected chi connectivity index (χ2v) is 11.7. The Kier molecular flexibility index (Phi) is 7.31. The maximum absolute atomic E-state index is 13.6. The average molecular weight is 489 g/mol. The fraction of sp³-hybridized carbons (Fsp3) is 0.667. The molecule has 7 nitrogen and oxygen atoms in total. The lowest BCUT2D eigenvalue weighted by molar-refractivity contribution is -0.140. The highest BCUT2D eigenvalue weighted by Crippen LogP contribution is 2.34. The Hall–Kier alpha value is -1.28. The Labute approximate surface area is 178 Å². The lowest BCUT2D eigenvalue weighted by Crippen LogP contribution is -2.43. The van der Waals surface area contributed by atoms with Gasteiger partial charge in [0.15, 0.2) is 9.84 Å². The van der Waals surface area contributed by atoms with Crippen LogP contribution in [0.25, 0.3) is 0 Å². The fourth-order valence-corrected chi connectivity index (χ4v) is 7.34. The van der Waals surface area contributed by atoms with Gasteiger partial charge in [-0.15, -0.1) is 0 Å². The van der Waals surface area contributed by atoms with Crippen molar-refractivity contribution in [1.82, 2.24) is 9.21 Å². The summed E-state index contributed by atoms with van der Waals surface area (Å²) in [6.45, 7) is 2.94. The van der Waals surface area contributed by atoms with Gasteiger partial charge in [-0.25, -0.2) is 21.2 Å². The molecular formula is C18H24F4N2O5S2. The van der Waals surface area contributed by atoms with Gasteiger partial charge in [0.2, 0.25) is 10.0 Å². The summed E-state index contributed by atoms with van der Waals surface area (Å²) in [5.74, 6) is -2.16. The summed E-state index contributed by atoms with van der Waals surface area (Å²) < 4.78 is 109. The van der Waals surface area contributed by atoms with Crippen molar-refractivity contribution in [2.75, 3.05) is 50.9 Å². The van der Waals surface area contributed by atoms with E-state index in [1.807, 2.05) is 0 Å². The molecule has 176 valence electrons. The summed E-state index contributed by atoms with van der Waals surface area (Å²) in [4.78, 5) is 1.36. The van der Waals surface area contributed by atoms with Crippen LogP contribution in [-0.4, -0.2) is 83.0 Å². The maximum atomic E-state index is 13.6. The van der Waals surface area contributed by atoms with E-state index in [-0.39, 0.29) is 24.8 Å². The first-order valence-electron chi connectivity index (χ1n) is 9.79. The molecule has 2 aliphatic heterocycles. The Morgan fingerprint density at radius 2 is 1.87 bits per heavy atom. The van der Waals surface area contributed by atoms with Gasteiger partial charge in [0.05, 0.1) is 35.2 Å². The molecule has 0 saturated carbocycles. The van der Waals surface area contributed by atoms with E-state index < -0.39 is 54.1 Å². The number of nitrogens with zero attached hydrogens (tertiary/aromatic N) is 2. The molecule has 0 aromatic heterocycles. The van der Waals surface area contributed by atoms with Crippen molar-refractivity contribution in [2.45, 2.75) is 30.0 Å². The van der Waals surface area contributed by atoms with E-state index in [1.165, 1.54) is 0 Å². The average Bonchev–Trinajstić information content (AvgIpc) is 3.04. The summed E-state index contributed by atoms with van der Waals surface area (Å²) >= 11 is 0. The summed E-state index contributed by atoms with van der Waals surface area (Å²) in [5.41, 5.74) is -1.68. The van der Waals surface area contributed by atoms with Gasteiger partial charge in [0, 0.05) is 25.7 Å². The summed E-state index contributed by atoms with van der Waals surface area (Å²) in [5, 5.41) is 0. The highest BCUT2D eigenvalue weighted by atomic mass is 32.2. The van der Waals surface area contributed by atoms with Gasteiger partial charge in [-0.1, -0.05) is 0 Å². The number of sulfonamides is 1. The topological polar surface area (TPSA) is 84.0 Å². The highest BCUT2D eigenvalue weighted by molar-refractivity contribution is 7.92. The quantitative estimate of drug-likeness (QED) is 0.544. The van der Waals surface area contributed by atoms with Crippen LogP contribution >= 0.6 is 0 Å². The number of morpholine rings is 1. The van der Waals surface area contributed by atoms with Crippen LogP contribution in [0.1, 0.15) is 18.4 Å². The predicted octanol–water partition coefficient (Wildman–Crippen LogP) is 1.74. The van der Waals surface area contributed by atoms with E-state index >= 15 is 0 Å². The van der Waals surface area contributed by atoms with Gasteiger partial charge >= 0.3 is 6.18 Å². The largest absolute Gasteiger partial charge is 0.419 e. The summed E-state index contributed by atoms with van der Waals surface area (Å²) in [7, 11) is -7.92. The minimum absolute atomic E-state index is 0.0569. The third-order valence-electron chi connectivity index (χ3n) is 5.42. The number of ether oxygens (including phenoxy) is 1. The van der Waals surface area contributed by atoms with Crippen LogP contribution in [0, 0.1) is 5.82 Å². The van der Waals surface area contributed by atoms with Crippen LogP contribution in [0.2, 0.25) is 0 Å². The molecule has 2 fully saturated rings. The van der Waals surface area contributed by atoms with Crippen molar-refractivity contribution in [1.29, 1.82) is 0 Å². The highest BCUT2D eigenvalue weighted by Gasteiger charge is 2.40. The van der Waals surface area contributed by atoms with Crippen LogP contribution in [-0.2, 0) is 30.8 Å². The fourth-order valence-electron chi connectivity index (χ4n) is 3.79. The van der Waals surface area contributed by atoms with Crippen LogP contribution in [0.4, 0.5) is 17.6 Å². The smallest absolute Gasteiger partial charge is 0.379 e. The van der Waals surface area contributed by atoms with Gasteiger partial charge < -0.3 is 4.74 Å². The second-order valence-electron chi connectivity index (χ2n) is 7.62. The number of hydrogen-bond donors (Lipinski definition) is 0. The molecule has 13 heteroatoms. The minimum Gasteiger partial charge on any atom is -0.379 e. The van der Waals surface area contributed by atoms with Gasteiger partial charge in [-0.3, -0.25) is 4.90 Å². The molecule has 3 rings (SSSR count). The van der Waals surface area contributed by atoms with Crippen molar-refractivity contribution >= 4 is 19.9 Å². The molecular weight excluding hydrogens is 464 g/mol. The Balaban J connectivity index is 1.86. The van der Waals surface area contributed by atoms with Crippen LogP contribution < -0.4 is 0 Å². The molecule has 0 N–H and O–H groups in total. The molecule has 0 spiro atoms. The standard InChI is InChI=1S/C18H24F4N2O5S2/c19-17-3-2-15(12-16(17)18(20,21)22)31(27,28)24(14-4-11-30(25,26)13-14)6-1-5-23-7-9-29-10-8-23/h2-3,12,14H,1,4-11,13H2. The molecule has 0 amide bonds. The van der Waals surface area contributed by atoms with Crippen molar-refractivity contribution in [3.63, 3.8) is 0 Å². The maximum Gasteiger partial charge on any atom is 0.419 e. The minimum atomic E-state index is -5.06. The molecule has 0 aliphatic carbocycles. The summed E-state index contributed by atoms with van der Waals surface area (Å²) in [6.07, 6.45) is -4.64. The Morgan fingerprint density at radius 1 is 1.19 bits per heavy atom. The van der Waals surface area contributed by atoms with Crippen molar-refractivity contribution < 1.29 is 39.1 Å². The first-order chi connectivity index (χ1) is 14.4. The number of benzene rings is 1. The zero-order valence-corrected chi connectivity index (χ0v) is 18.3. The molecule has 1 unspecified atom stereocenters.